The van der Waals surface area contributed by atoms with E-state index in [1.54, 1.807) is 6.20 Å². The van der Waals surface area contributed by atoms with Gasteiger partial charge in [-0.15, -0.1) is 0 Å². The first-order valence-electron chi connectivity index (χ1n) is 11.5. The summed E-state index contributed by atoms with van der Waals surface area (Å²) in [7, 11) is 0. The minimum atomic E-state index is -0.0501. The van der Waals surface area contributed by atoms with Crippen LogP contribution in [0.25, 0.3) is 11.1 Å². The van der Waals surface area contributed by atoms with Gasteiger partial charge >= 0.3 is 0 Å². The molecular weight excluding hydrogens is 424 g/mol. The van der Waals surface area contributed by atoms with Gasteiger partial charge in [-0.3, -0.25) is 4.79 Å². The van der Waals surface area contributed by atoms with Crippen molar-refractivity contribution in [3.8, 4) is 11.1 Å². The van der Waals surface area contributed by atoms with Crippen LogP contribution in [-0.4, -0.2) is 42.7 Å². The molecule has 1 aromatic heterocycles. The lowest BCUT2D eigenvalue weighted by Crippen LogP contribution is -2.37. The van der Waals surface area contributed by atoms with Crippen molar-refractivity contribution in [3.63, 3.8) is 0 Å². The number of ether oxygens (including phenoxy) is 1. The van der Waals surface area contributed by atoms with Gasteiger partial charge in [-0.25, -0.2) is 4.98 Å². The van der Waals surface area contributed by atoms with Gasteiger partial charge in [0, 0.05) is 37.1 Å². The molecule has 1 aromatic carbocycles. The first kappa shape index (κ1) is 23.0. The summed E-state index contributed by atoms with van der Waals surface area (Å²) < 4.78 is 5.83. The third kappa shape index (κ3) is 6.00. The number of pyridine rings is 1. The smallest absolute Gasteiger partial charge is 0.229 e. The molecule has 0 aliphatic carbocycles. The monoisotopic (exact) mass is 456 g/mol. The van der Waals surface area contributed by atoms with Crippen molar-refractivity contribution in [2.75, 3.05) is 36.9 Å². The Morgan fingerprint density at radius 1 is 1.31 bits per heavy atom. The maximum atomic E-state index is 12.6. The van der Waals surface area contributed by atoms with Gasteiger partial charge in [0.1, 0.15) is 5.82 Å². The number of nitrogens with zero attached hydrogens (tertiary/aromatic N) is 1. The zero-order valence-corrected chi connectivity index (χ0v) is 19.7. The van der Waals surface area contributed by atoms with Gasteiger partial charge in [0.2, 0.25) is 5.91 Å². The number of rotatable bonds is 6. The maximum Gasteiger partial charge on any atom is 0.229 e. The Morgan fingerprint density at radius 2 is 2.19 bits per heavy atom. The highest BCUT2D eigenvalue weighted by atomic mass is 35.5. The third-order valence-corrected chi connectivity index (χ3v) is 6.64. The zero-order chi connectivity index (χ0) is 22.6. The Bertz CT molecular complexity index is 943. The summed E-state index contributed by atoms with van der Waals surface area (Å²) in [5.74, 6) is 1.10. The van der Waals surface area contributed by atoms with Crippen LogP contribution in [0.15, 0.2) is 36.5 Å². The van der Waals surface area contributed by atoms with E-state index < -0.39 is 0 Å². The normalized spacial score (nSPS) is 22.8. The highest BCUT2D eigenvalue weighted by Gasteiger charge is 2.28. The fourth-order valence-electron chi connectivity index (χ4n) is 4.62. The Balaban J connectivity index is 1.43. The number of amides is 1. The van der Waals surface area contributed by atoms with E-state index in [0.717, 1.165) is 62.2 Å². The van der Waals surface area contributed by atoms with Crippen molar-refractivity contribution in [3.05, 3.63) is 41.6 Å². The van der Waals surface area contributed by atoms with Crippen molar-refractivity contribution < 1.29 is 9.53 Å². The number of benzene rings is 1. The van der Waals surface area contributed by atoms with Crippen molar-refractivity contribution in [2.24, 2.45) is 11.8 Å². The molecule has 2 saturated heterocycles. The second kappa shape index (κ2) is 10.2. The first-order valence-corrected chi connectivity index (χ1v) is 11.9. The second-order valence-electron chi connectivity index (χ2n) is 9.51. The Labute approximate surface area is 195 Å². The summed E-state index contributed by atoms with van der Waals surface area (Å²) in [6, 6.07) is 10.1. The molecule has 7 heteroatoms. The van der Waals surface area contributed by atoms with Crippen molar-refractivity contribution in [2.45, 2.75) is 45.1 Å². The van der Waals surface area contributed by atoms with Gasteiger partial charge < -0.3 is 20.7 Å². The summed E-state index contributed by atoms with van der Waals surface area (Å²) >= 11 is 6.48. The number of carbonyl (C=O) groups excluding carboxylic acids is 1. The van der Waals surface area contributed by atoms with E-state index >= 15 is 0 Å². The number of piperidine rings is 1. The maximum absolute atomic E-state index is 12.6. The average molecular weight is 457 g/mol. The number of hydrogen-bond donors (Lipinski definition) is 3. The van der Waals surface area contributed by atoms with Gasteiger partial charge in [0.25, 0.3) is 0 Å². The van der Waals surface area contributed by atoms with Crippen LogP contribution in [-0.2, 0) is 9.53 Å². The number of hydrogen-bond acceptors (Lipinski definition) is 5. The van der Waals surface area contributed by atoms with Crippen LogP contribution in [0, 0.1) is 11.8 Å². The molecule has 2 unspecified atom stereocenters. The molecule has 2 aliphatic rings. The lowest BCUT2D eigenvalue weighted by atomic mass is 9.88. The lowest BCUT2D eigenvalue weighted by Gasteiger charge is -2.35. The lowest BCUT2D eigenvalue weighted by molar-refractivity contribution is -0.120. The standard InChI is InChI=1S/C25H33ClN4O2/c1-25(2)13-17(8-10-32-25)14-28-20-7-3-5-18(11-20)21-12-23(29-16-22(21)26)30-24(31)19-6-4-9-27-15-19/h3,5,7,11-12,16-17,19,27-28H,4,6,8-10,13-15H2,1-2H3,(H,29,30,31). The summed E-state index contributed by atoms with van der Waals surface area (Å²) in [4.78, 5) is 16.9. The molecule has 6 nitrogen and oxygen atoms in total. The quantitative estimate of drug-likeness (QED) is 0.573. The van der Waals surface area contributed by atoms with Crippen LogP contribution < -0.4 is 16.0 Å². The minimum Gasteiger partial charge on any atom is -0.385 e. The second-order valence-corrected chi connectivity index (χ2v) is 9.92. The summed E-state index contributed by atoms with van der Waals surface area (Å²) in [6.45, 7) is 7.74. The molecule has 3 N–H and O–H groups in total. The predicted molar refractivity (Wildman–Crippen MR) is 130 cm³/mol. The van der Waals surface area contributed by atoms with E-state index in [0.29, 0.717) is 23.3 Å². The van der Waals surface area contributed by atoms with Crippen LogP contribution in [0.4, 0.5) is 11.5 Å². The number of anilines is 2. The molecular formula is C25H33ClN4O2. The topological polar surface area (TPSA) is 75.3 Å². The van der Waals surface area contributed by atoms with Crippen LogP contribution >= 0.6 is 11.6 Å². The Morgan fingerprint density at radius 3 is 2.97 bits per heavy atom. The summed E-state index contributed by atoms with van der Waals surface area (Å²) in [6.07, 6.45) is 5.65. The largest absolute Gasteiger partial charge is 0.385 e. The zero-order valence-electron chi connectivity index (χ0n) is 18.9. The van der Waals surface area contributed by atoms with Gasteiger partial charge in [-0.2, -0.15) is 0 Å². The van der Waals surface area contributed by atoms with Gasteiger partial charge in [0.15, 0.2) is 0 Å². The van der Waals surface area contributed by atoms with E-state index in [1.807, 2.05) is 18.2 Å². The molecule has 2 fully saturated rings. The fraction of sp³-hybridized carbons (Fsp3) is 0.520. The molecule has 1 amide bonds. The molecule has 2 aromatic rings. The van der Waals surface area contributed by atoms with E-state index in [9.17, 15) is 4.79 Å². The number of halogens is 1. The summed E-state index contributed by atoms with van der Waals surface area (Å²) in [5, 5.41) is 10.4. The minimum absolute atomic E-state index is 0.00720. The molecule has 2 atom stereocenters. The van der Waals surface area contributed by atoms with E-state index in [2.05, 4.69) is 46.9 Å². The molecule has 172 valence electrons. The third-order valence-electron chi connectivity index (χ3n) is 6.34. The summed E-state index contributed by atoms with van der Waals surface area (Å²) in [5.41, 5.74) is 2.85. The van der Waals surface area contributed by atoms with Crippen LogP contribution in [0.5, 0.6) is 0 Å². The molecule has 0 bridgehead atoms. The SMILES string of the molecule is CC1(C)CC(CNc2cccc(-c3cc(NC(=O)C4CCCNC4)ncc3Cl)c2)CCO1. The van der Waals surface area contributed by atoms with Gasteiger partial charge in [-0.1, -0.05) is 23.7 Å². The molecule has 4 rings (SSSR count). The molecule has 0 saturated carbocycles. The first-order chi connectivity index (χ1) is 15.4. The van der Waals surface area contributed by atoms with E-state index in [4.69, 9.17) is 16.3 Å². The number of aromatic nitrogens is 1. The van der Waals surface area contributed by atoms with Crippen molar-refractivity contribution >= 4 is 29.0 Å². The molecule has 0 radical (unpaired) electrons. The van der Waals surface area contributed by atoms with Crippen LogP contribution in [0.2, 0.25) is 5.02 Å². The van der Waals surface area contributed by atoms with Gasteiger partial charge in [0.05, 0.1) is 16.5 Å². The molecule has 2 aliphatic heterocycles. The number of carbonyl (C=O) groups is 1. The highest BCUT2D eigenvalue weighted by molar-refractivity contribution is 6.33. The van der Waals surface area contributed by atoms with Crippen LogP contribution in [0.1, 0.15) is 39.5 Å². The average Bonchev–Trinajstić information content (AvgIpc) is 2.79. The van der Waals surface area contributed by atoms with Crippen molar-refractivity contribution in [1.82, 2.24) is 10.3 Å². The Hall–Kier alpha value is -2.15. The van der Waals surface area contributed by atoms with Crippen LogP contribution in [0.3, 0.4) is 0 Å². The fourth-order valence-corrected chi connectivity index (χ4v) is 4.84. The van der Waals surface area contributed by atoms with E-state index in [1.165, 1.54) is 0 Å². The highest BCUT2D eigenvalue weighted by Crippen LogP contribution is 2.32. The predicted octanol–water partition coefficient (Wildman–Crippen LogP) is 4.96. The molecule has 32 heavy (non-hydrogen) atoms. The van der Waals surface area contributed by atoms with E-state index in [-0.39, 0.29) is 17.4 Å². The van der Waals surface area contributed by atoms with Crippen molar-refractivity contribution in [1.29, 1.82) is 0 Å². The molecule has 3 heterocycles. The Kier molecular flexibility index (Phi) is 7.33. The molecule has 0 spiro atoms. The van der Waals surface area contributed by atoms with Gasteiger partial charge in [-0.05, 0) is 75.8 Å². The number of nitrogens with one attached hydrogen (secondary N) is 3.